The molecule has 1 saturated heterocycles. The van der Waals surface area contributed by atoms with Crippen LogP contribution in [0.5, 0.6) is 5.75 Å². The minimum absolute atomic E-state index is 0.156. The van der Waals surface area contributed by atoms with Crippen molar-refractivity contribution in [2.24, 2.45) is 0 Å². The van der Waals surface area contributed by atoms with Gasteiger partial charge in [0, 0.05) is 60.7 Å². The summed E-state index contributed by atoms with van der Waals surface area (Å²) in [5.74, 6) is 0.935. The number of benzene rings is 2. The molecule has 1 amide bonds. The average Bonchev–Trinajstić information content (AvgIpc) is 4.12. The number of amides is 1. The van der Waals surface area contributed by atoms with Gasteiger partial charge in [-0.2, -0.15) is 0 Å². The molecule has 6 N–H and O–H groups in total. The molecule has 2 heterocycles. The van der Waals surface area contributed by atoms with Crippen molar-refractivity contribution in [2.75, 3.05) is 32.1 Å². The number of rotatable bonds is 18. The van der Waals surface area contributed by atoms with Crippen LogP contribution in [0.1, 0.15) is 61.6 Å². The Balaban J connectivity index is 1.07. The van der Waals surface area contributed by atoms with Gasteiger partial charge in [0.05, 0.1) is 12.7 Å². The number of nitrogens with one attached hydrogen (secondary N) is 1. The van der Waals surface area contributed by atoms with Crippen molar-refractivity contribution in [2.45, 2.75) is 105 Å². The van der Waals surface area contributed by atoms with Gasteiger partial charge in [0.2, 0.25) is 0 Å². The van der Waals surface area contributed by atoms with E-state index in [0.717, 1.165) is 53.2 Å². The summed E-state index contributed by atoms with van der Waals surface area (Å²) in [6.45, 7) is 3.34. The van der Waals surface area contributed by atoms with Gasteiger partial charge in [-0.05, 0) is 104 Å². The molecule has 0 spiro atoms. The Bertz CT molecular complexity index is 1610. The molecule has 0 radical (unpaired) electrons. The minimum Gasteiger partial charge on any atom is -0.490 e. The highest BCUT2D eigenvalue weighted by atomic mass is 32.2. The number of hydrogen-bond donors (Lipinski definition) is 6. The van der Waals surface area contributed by atoms with E-state index in [0.29, 0.717) is 51.7 Å². The third kappa shape index (κ3) is 9.30. The molecule has 12 heteroatoms. The number of aromatic nitrogens is 1. The maximum atomic E-state index is 13.4. The molecular formula is C39H51N3O8S. The summed E-state index contributed by atoms with van der Waals surface area (Å²) in [6.07, 6.45) is 2.84. The maximum absolute atomic E-state index is 13.4. The van der Waals surface area contributed by atoms with Gasteiger partial charge in [0.15, 0.2) is 6.10 Å². The molecule has 1 aliphatic heterocycles. The van der Waals surface area contributed by atoms with Crippen LogP contribution >= 0.6 is 11.8 Å². The summed E-state index contributed by atoms with van der Waals surface area (Å²) in [7, 11) is 0. The van der Waals surface area contributed by atoms with Crippen molar-refractivity contribution in [3.63, 3.8) is 0 Å². The Kier molecular flexibility index (Phi) is 12.7. The first-order valence-electron chi connectivity index (χ1n) is 18.1. The van der Waals surface area contributed by atoms with Crippen LogP contribution in [0.3, 0.4) is 0 Å². The van der Waals surface area contributed by atoms with Crippen molar-refractivity contribution in [1.82, 2.24) is 15.2 Å². The maximum Gasteiger partial charge on any atom is 0.254 e. The van der Waals surface area contributed by atoms with E-state index in [1.807, 2.05) is 18.5 Å². The fourth-order valence-electron chi connectivity index (χ4n) is 6.76. The molecule has 276 valence electrons. The first-order valence-corrected chi connectivity index (χ1v) is 19.1. The standard InChI is InChI=1S/C39H51N3O8S/c1-25-7-10-29(51-20-4-17-42(27-12-18-49-19-13-27)38(48)37(47)36(46)35(45)33(44)24-43)21-26(25)22-41-39(14-15-39)32-23-40-16-11-30(32)31-5-2-3-6-34(31)50-28-8-9-28/h2-3,5-7,10-11,16,21,23,27-28,33,35-37,41,43-47H,4,8-9,12-15,17-20,22,24H2,1H3/t33-,35+,36-,37-/m0/s1. The van der Waals surface area contributed by atoms with E-state index in [2.05, 4.69) is 59.7 Å². The van der Waals surface area contributed by atoms with Crippen LogP contribution in [-0.4, -0.2) is 110 Å². The molecule has 2 aliphatic carbocycles. The molecule has 1 aromatic heterocycles. The van der Waals surface area contributed by atoms with Crippen LogP contribution < -0.4 is 10.1 Å². The molecule has 4 atom stereocenters. The summed E-state index contributed by atoms with van der Waals surface area (Å²) < 4.78 is 11.8. The average molecular weight is 722 g/mol. The monoisotopic (exact) mass is 721 g/mol. The highest BCUT2D eigenvalue weighted by Gasteiger charge is 2.46. The van der Waals surface area contributed by atoms with Crippen LogP contribution in [0.2, 0.25) is 0 Å². The lowest BCUT2D eigenvalue weighted by Gasteiger charge is -2.37. The van der Waals surface area contributed by atoms with Crippen molar-refractivity contribution < 1.29 is 39.8 Å². The second-order valence-corrected chi connectivity index (χ2v) is 15.2. The Hall–Kier alpha value is -3.07. The van der Waals surface area contributed by atoms with E-state index in [9.17, 15) is 25.2 Å². The van der Waals surface area contributed by atoms with Gasteiger partial charge in [-0.15, -0.1) is 11.8 Å². The largest absolute Gasteiger partial charge is 0.490 e. The Morgan fingerprint density at radius 2 is 1.80 bits per heavy atom. The lowest BCUT2D eigenvalue weighted by Crippen LogP contribution is -2.55. The third-order valence-electron chi connectivity index (χ3n) is 10.3. The van der Waals surface area contributed by atoms with Gasteiger partial charge in [-0.1, -0.05) is 24.3 Å². The quantitative estimate of drug-likeness (QED) is 0.0844. The Morgan fingerprint density at radius 1 is 1.04 bits per heavy atom. The van der Waals surface area contributed by atoms with Crippen molar-refractivity contribution in [1.29, 1.82) is 0 Å². The first-order chi connectivity index (χ1) is 24.7. The predicted molar refractivity (Wildman–Crippen MR) is 194 cm³/mol. The van der Waals surface area contributed by atoms with Crippen molar-refractivity contribution >= 4 is 17.7 Å². The molecule has 2 aromatic carbocycles. The predicted octanol–water partition coefficient (Wildman–Crippen LogP) is 3.30. The van der Waals surface area contributed by atoms with Gasteiger partial charge in [0.25, 0.3) is 5.91 Å². The zero-order chi connectivity index (χ0) is 36.0. The summed E-state index contributed by atoms with van der Waals surface area (Å²) in [5, 5.41) is 53.9. The smallest absolute Gasteiger partial charge is 0.254 e. The number of thioether (sulfide) groups is 1. The van der Waals surface area contributed by atoms with E-state index in [-0.39, 0.29) is 11.6 Å². The van der Waals surface area contributed by atoms with Crippen LogP contribution in [0.4, 0.5) is 0 Å². The lowest BCUT2D eigenvalue weighted by molar-refractivity contribution is -0.162. The number of para-hydroxylation sites is 1. The van der Waals surface area contributed by atoms with Crippen molar-refractivity contribution in [3.8, 4) is 16.9 Å². The fourth-order valence-corrected chi connectivity index (χ4v) is 7.66. The Morgan fingerprint density at radius 3 is 2.53 bits per heavy atom. The van der Waals surface area contributed by atoms with Crippen LogP contribution in [0, 0.1) is 6.92 Å². The van der Waals surface area contributed by atoms with Crippen LogP contribution in [0.15, 0.2) is 65.8 Å². The number of hydrogen-bond acceptors (Lipinski definition) is 11. The van der Waals surface area contributed by atoms with E-state index in [1.54, 1.807) is 16.7 Å². The SMILES string of the molecule is Cc1ccc(SCCCN(C(=O)[C@@H](O)[C@@H](O)[C@H](O)[C@@H](O)CO)C2CCOCC2)cc1CNC1(c2cnccc2-c2ccccc2OC2CC2)CC1. The number of nitrogens with zero attached hydrogens (tertiary/aromatic N) is 2. The third-order valence-corrected chi connectivity index (χ3v) is 11.3. The highest BCUT2D eigenvalue weighted by Crippen LogP contribution is 2.50. The number of carbonyl (C=O) groups is 1. The summed E-state index contributed by atoms with van der Waals surface area (Å²) in [6, 6.07) is 16.7. The van der Waals surface area contributed by atoms with Crippen LogP contribution in [-0.2, 0) is 21.6 Å². The first kappa shape index (κ1) is 37.7. The van der Waals surface area contributed by atoms with E-state index < -0.39 is 36.9 Å². The second-order valence-electron chi connectivity index (χ2n) is 14.0. The molecule has 3 aliphatic rings. The van der Waals surface area contributed by atoms with E-state index in [1.165, 1.54) is 16.7 Å². The molecule has 3 aromatic rings. The molecule has 51 heavy (non-hydrogen) atoms. The number of ether oxygens (including phenoxy) is 2. The number of aliphatic hydroxyl groups is 5. The van der Waals surface area contributed by atoms with Crippen LogP contribution in [0.25, 0.3) is 11.1 Å². The number of carbonyl (C=O) groups excluding carboxylic acids is 1. The van der Waals surface area contributed by atoms with Crippen molar-refractivity contribution in [3.05, 3.63) is 77.6 Å². The molecule has 0 unspecified atom stereocenters. The fraction of sp³-hybridized carbons (Fsp3) is 0.538. The van der Waals surface area contributed by atoms with E-state index >= 15 is 0 Å². The Labute approximate surface area is 304 Å². The molecule has 0 bridgehead atoms. The zero-order valence-electron chi connectivity index (χ0n) is 29.2. The number of aliphatic hydroxyl groups excluding tert-OH is 5. The normalized spacial score (nSPS) is 19.6. The molecular weight excluding hydrogens is 671 g/mol. The van der Waals surface area contributed by atoms with Gasteiger partial charge in [0.1, 0.15) is 24.1 Å². The molecule has 6 rings (SSSR count). The summed E-state index contributed by atoms with van der Waals surface area (Å²) in [5.41, 5.74) is 5.71. The molecule has 11 nitrogen and oxygen atoms in total. The lowest BCUT2D eigenvalue weighted by atomic mass is 9.94. The topological polar surface area (TPSA) is 165 Å². The molecule has 3 fully saturated rings. The van der Waals surface area contributed by atoms with Gasteiger partial charge >= 0.3 is 0 Å². The summed E-state index contributed by atoms with van der Waals surface area (Å²) >= 11 is 1.70. The number of pyridine rings is 1. The van der Waals surface area contributed by atoms with Gasteiger partial charge < -0.3 is 45.2 Å². The van der Waals surface area contributed by atoms with Gasteiger partial charge in [-0.3, -0.25) is 9.78 Å². The van der Waals surface area contributed by atoms with E-state index in [4.69, 9.17) is 14.6 Å². The minimum atomic E-state index is -1.94. The summed E-state index contributed by atoms with van der Waals surface area (Å²) in [4.78, 5) is 20.6. The second kappa shape index (κ2) is 17.2. The zero-order valence-corrected chi connectivity index (χ0v) is 30.0. The van der Waals surface area contributed by atoms with Gasteiger partial charge in [-0.25, -0.2) is 0 Å². The highest BCUT2D eigenvalue weighted by molar-refractivity contribution is 7.99. The molecule has 2 saturated carbocycles. The number of aryl methyl sites for hydroxylation is 1.